The summed E-state index contributed by atoms with van der Waals surface area (Å²) in [6.07, 6.45) is 5.78. The smallest absolute Gasteiger partial charge is 0.349 e. The average molecular weight is 369 g/mol. The van der Waals surface area contributed by atoms with Crippen LogP contribution < -0.4 is 4.90 Å². The van der Waals surface area contributed by atoms with Gasteiger partial charge in [0.1, 0.15) is 4.88 Å². The lowest BCUT2D eigenvalue weighted by atomic mass is 10.1. The van der Waals surface area contributed by atoms with Crippen molar-refractivity contribution in [2.45, 2.75) is 51.6 Å². The molecule has 1 aliphatic carbocycles. The van der Waals surface area contributed by atoms with E-state index in [0.717, 1.165) is 24.9 Å². The summed E-state index contributed by atoms with van der Waals surface area (Å²) in [4.78, 5) is 29.0. The normalized spacial score (nSPS) is 17.2. The molecule has 0 saturated heterocycles. The van der Waals surface area contributed by atoms with Gasteiger partial charge in [-0.15, -0.1) is 11.3 Å². The number of thiophene rings is 1. The molecule has 2 aromatic rings. The number of nitrogens with zero attached hydrogens (tertiary/aromatic N) is 1. The molecular formula is C21H23NO3S. The Morgan fingerprint density at radius 3 is 2.77 bits per heavy atom. The summed E-state index contributed by atoms with van der Waals surface area (Å²) in [5, 5.41) is 0. The predicted molar refractivity (Wildman–Crippen MR) is 103 cm³/mol. The van der Waals surface area contributed by atoms with Gasteiger partial charge in [-0.2, -0.15) is 0 Å². The predicted octanol–water partition coefficient (Wildman–Crippen LogP) is 4.15. The minimum atomic E-state index is -0.782. The highest BCUT2D eigenvalue weighted by Crippen LogP contribution is 2.31. The number of hydrogen-bond acceptors (Lipinski definition) is 4. The number of esters is 1. The Morgan fingerprint density at radius 1 is 1.08 bits per heavy atom. The van der Waals surface area contributed by atoms with Crippen molar-refractivity contribution >= 4 is 28.9 Å². The highest BCUT2D eigenvalue weighted by molar-refractivity contribution is 7.14. The van der Waals surface area contributed by atoms with Gasteiger partial charge in [0, 0.05) is 17.1 Å². The van der Waals surface area contributed by atoms with Crippen LogP contribution in [0.3, 0.4) is 0 Å². The quantitative estimate of drug-likeness (QED) is 0.603. The summed E-state index contributed by atoms with van der Waals surface area (Å²) in [7, 11) is 0. The van der Waals surface area contributed by atoms with Crippen LogP contribution in [0.1, 0.15) is 51.9 Å². The molecule has 4 nitrogen and oxygen atoms in total. The second kappa shape index (κ2) is 7.23. The molecule has 136 valence electrons. The highest BCUT2D eigenvalue weighted by Gasteiger charge is 2.30. The molecule has 1 unspecified atom stereocenters. The van der Waals surface area contributed by atoms with Crippen molar-refractivity contribution in [2.24, 2.45) is 0 Å². The van der Waals surface area contributed by atoms with Crippen molar-refractivity contribution in [1.29, 1.82) is 0 Å². The van der Waals surface area contributed by atoms with Gasteiger partial charge in [0.2, 0.25) is 0 Å². The fraction of sp³-hybridized carbons (Fsp3) is 0.429. The molecule has 1 aromatic carbocycles. The number of anilines is 1. The summed E-state index contributed by atoms with van der Waals surface area (Å²) >= 11 is 1.53. The molecule has 1 aromatic heterocycles. The summed E-state index contributed by atoms with van der Waals surface area (Å²) in [6.45, 7) is 2.31. The first-order valence-electron chi connectivity index (χ1n) is 9.35. The van der Waals surface area contributed by atoms with E-state index in [9.17, 15) is 9.59 Å². The number of benzene rings is 1. The van der Waals surface area contributed by atoms with Gasteiger partial charge in [-0.05, 0) is 62.3 Å². The molecule has 1 amide bonds. The second-order valence-corrected chi connectivity index (χ2v) is 8.17. The van der Waals surface area contributed by atoms with Crippen molar-refractivity contribution in [2.75, 3.05) is 11.4 Å². The molecule has 4 rings (SSSR count). The van der Waals surface area contributed by atoms with E-state index < -0.39 is 6.10 Å². The van der Waals surface area contributed by atoms with E-state index in [1.807, 2.05) is 30.3 Å². The Morgan fingerprint density at radius 2 is 1.88 bits per heavy atom. The van der Waals surface area contributed by atoms with Gasteiger partial charge >= 0.3 is 5.97 Å². The van der Waals surface area contributed by atoms with Crippen LogP contribution in [0.15, 0.2) is 30.3 Å². The Hall–Kier alpha value is -2.14. The maximum Gasteiger partial charge on any atom is 0.349 e. The summed E-state index contributed by atoms with van der Waals surface area (Å²) in [5.41, 5.74) is 3.39. The topological polar surface area (TPSA) is 46.6 Å². The third kappa shape index (κ3) is 3.28. The number of hydrogen-bond donors (Lipinski definition) is 0. The minimum absolute atomic E-state index is 0.151. The third-order valence-corrected chi connectivity index (χ3v) is 6.45. The second-order valence-electron chi connectivity index (χ2n) is 7.04. The molecule has 2 aliphatic rings. The third-order valence-electron chi connectivity index (χ3n) is 5.23. The first-order chi connectivity index (χ1) is 12.6. The molecule has 0 N–H and O–H groups in total. The number of fused-ring (bicyclic) bond motifs is 2. The zero-order valence-corrected chi connectivity index (χ0v) is 15.8. The number of carbonyl (C=O) groups excluding carboxylic acids is 2. The molecule has 26 heavy (non-hydrogen) atoms. The number of aryl methyl sites for hydroxylation is 2. The Labute approximate surface area is 157 Å². The number of rotatable bonds is 3. The fourth-order valence-corrected chi connectivity index (χ4v) is 4.96. The molecule has 0 saturated carbocycles. The van der Waals surface area contributed by atoms with E-state index in [0.29, 0.717) is 11.4 Å². The molecule has 5 heteroatoms. The van der Waals surface area contributed by atoms with Crippen LogP contribution in [0.4, 0.5) is 5.69 Å². The lowest BCUT2D eigenvalue weighted by Gasteiger charge is -2.21. The first kappa shape index (κ1) is 17.3. The highest BCUT2D eigenvalue weighted by atomic mass is 32.1. The number of amides is 1. The average Bonchev–Trinajstić information content (AvgIpc) is 3.19. The van der Waals surface area contributed by atoms with Crippen LogP contribution in [-0.2, 0) is 28.8 Å². The van der Waals surface area contributed by atoms with Gasteiger partial charge in [0.25, 0.3) is 5.91 Å². The van der Waals surface area contributed by atoms with Crippen LogP contribution in [-0.4, -0.2) is 24.5 Å². The van der Waals surface area contributed by atoms with Crippen LogP contribution in [0.25, 0.3) is 0 Å². The molecule has 0 spiro atoms. The number of ether oxygens (including phenoxy) is 1. The van der Waals surface area contributed by atoms with E-state index in [2.05, 4.69) is 0 Å². The van der Waals surface area contributed by atoms with Crippen molar-refractivity contribution in [3.05, 3.63) is 51.2 Å². The van der Waals surface area contributed by atoms with Gasteiger partial charge in [-0.25, -0.2) is 4.79 Å². The van der Waals surface area contributed by atoms with Gasteiger partial charge < -0.3 is 9.64 Å². The zero-order chi connectivity index (χ0) is 18.1. The lowest BCUT2D eigenvalue weighted by molar-refractivity contribution is -0.126. The zero-order valence-electron chi connectivity index (χ0n) is 15.0. The van der Waals surface area contributed by atoms with Crippen molar-refractivity contribution in [3.63, 3.8) is 0 Å². The van der Waals surface area contributed by atoms with Gasteiger partial charge in [-0.3, -0.25) is 4.79 Å². The molecule has 1 atom stereocenters. The molecule has 0 fully saturated rings. The maximum atomic E-state index is 12.8. The van der Waals surface area contributed by atoms with Crippen LogP contribution in [0.5, 0.6) is 0 Å². The van der Waals surface area contributed by atoms with Gasteiger partial charge in [-0.1, -0.05) is 24.6 Å². The van der Waals surface area contributed by atoms with Crippen molar-refractivity contribution in [1.82, 2.24) is 0 Å². The Balaban J connectivity index is 1.44. The standard InChI is InChI=1S/C21H23NO3S/c1-14(20(23)22-12-11-15-7-5-6-9-17(15)22)25-21(24)19-13-16-8-3-2-4-10-18(16)26-19/h5-7,9,13-14H,2-4,8,10-12H2,1H3. The van der Waals surface area contributed by atoms with Gasteiger partial charge in [0.15, 0.2) is 6.10 Å². The minimum Gasteiger partial charge on any atom is -0.448 e. The molecule has 2 heterocycles. The van der Waals surface area contributed by atoms with Crippen LogP contribution in [0.2, 0.25) is 0 Å². The lowest BCUT2D eigenvalue weighted by Crippen LogP contribution is -2.39. The first-order valence-corrected chi connectivity index (χ1v) is 10.2. The monoisotopic (exact) mass is 369 g/mol. The summed E-state index contributed by atoms with van der Waals surface area (Å²) < 4.78 is 5.51. The maximum absolute atomic E-state index is 12.8. The Bertz CT molecular complexity index is 818. The van der Waals surface area contributed by atoms with E-state index in [4.69, 9.17) is 4.74 Å². The number of para-hydroxylation sites is 1. The fourth-order valence-electron chi connectivity index (χ4n) is 3.82. The van der Waals surface area contributed by atoms with Crippen molar-refractivity contribution < 1.29 is 14.3 Å². The number of carbonyl (C=O) groups is 2. The van der Waals surface area contributed by atoms with Crippen molar-refractivity contribution in [3.8, 4) is 0 Å². The Kier molecular flexibility index (Phi) is 4.81. The van der Waals surface area contributed by atoms with Crippen LogP contribution in [0, 0.1) is 0 Å². The molecule has 0 radical (unpaired) electrons. The van der Waals surface area contributed by atoms with E-state index >= 15 is 0 Å². The van der Waals surface area contributed by atoms with E-state index in [1.54, 1.807) is 11.8 Å². The SMILES string of the molecule is CC(OC(=O)c1cc2c(s1)CCCCC2)C(=O)N1CCc2ccccc21. The van der Waals surface area contributed by atoms with E-state index in [-0.39, 0.29) is 11.9 Å². The molecular weight excluding hydrogens is 346 g/mol. The molecule has 1 aliphatic heterocycles. The van der Waals surface area contributed by atoms with Crippen LogP contribution >= 0.6 is 11.3 Å². The summed E-state index contributed by atoms with van der Waals surface area (Å²) in [6, 6.07) is 9.87. The largest absolute Gasteiger partial charge is 0.448 e. The van der Waals surface area contributed by atoms with E-state index in [1.165, 1.54) is 46.6 Å². The molecule has 0 bridgehead atoms. The van der Waals surface area contributed by atoms with Gasteiger partial charge in [0.05, 0.1) is 0 Å². The summed E-state index contributed by atoms with van der Waals surface area (Å²) in [5.74, 6) is -0.530.